The summed E-state index contributed by atoms with van der Waals surface area (Å²) in [5.41, 5.74) is 0. The summed E-state index contributed by atoms with van der Waals surface area (Å²) in [6, 6.07) is 0. The van der Waals surface area contributed by atoms with Crippen molar-refractivity contribution in [2.24, 2.45) is 0 Å². The minimum Gasteiger partial charge on any atom is -1.00 e. The van der Waals surface area contributed by atoms with E-state index in [9.17, 15) is 0 Å². The molecule has 0 aliphatic carbocycles. The van der Waals surface area contributed by atoms with Gasteiger partial charge in [-0.05, 0) is 0 Å². The summed E-state index contributed by atoms with van der Waals surface area (Å²) in [7, 11) is -9.33. The molecule has 0 aliphatic rings. The number of rotatable bonds is 0. The van der Waals surface area contributed by atoms with E-state index in [2.05, 4.69) is 0 Å². The quantitative estimate of drug-likeness (QED) is 0.248. The van der Waals surface area contributed by atoms with Crippen LogP contribution in [0.5, 0.6) is 0 Å². The molecule has 12 nitrogen and oxygen atoms in total. The molecule has 0 saturated carbocycles. The molecule has 0 atom stereocenters. The van der Waals surface area contributed by atoms with E-state index in [-0.39, 0.29) is 62.5 Å². The maximum absolute atomic E-state index is 8.74. The van der Waals surface area contributed by atoms with Crippen LogP contribution in [-0.4, -0.2) is 94.7 Å². The van der Waals surface area contributed by atoms with Crippen LogP contribution in [0, 0.1) is 0 Å². The van der Waals surface area contributed by atoms with Gasteiger partial charge in [0.1, 0.15) is 0 Å². The van der Waals surface area contributed by atoms with Gasteiger partial charge in [-0.15, -0.1) is 0 Å². The second-order valence-electron chi connectivity index (χ2n) is 0.896. The van der Waals surface area contributed by atoms with Crippen LogP contribution in [0.2, 0.25) is 0 Å². The molecule has 15 heavy (non-hydrogen) atoms. The second-order valence-corrected chi connectivity index (χ2v) is 2.69. The Hall–Kier alpha value is 0.840. The molecule has 0 spiro atoms. The molecule has 100 valence electrons. The largest absolute Gasteiger partial charge is 2.00 e. The summed E-state index contributed by atoms with van der Waals surface area (Å²) in [4.78, 5) is 0. The normalized spacial score (nSPS) is 7.73. The Morgan fingerprint density at radius 3 is 0.600 bits per heavy atom. The van der Waals surface area contributed by atoms with Gasteiger partial charge in [0.25, 0.3) is 0 Å². The molecule has 0 radical (unpaired) electrons. The van der Waals surface area contributed by atoms with E-state index >= 15 is 0 Å². The summed E-state index contributed by atoms with van der Waals surface area (Å²) in [5, 5.41) is 0. The van der Waals surface area contributed by atoms with Gasteiger partial charge in [-0.2, -0.15) is 16.8 Å². The van der Waals surface area contributed by atoms with Crippen LogP contribution in [0.3, 0.4) is 0 Å². The van der Waals surface area contributed by atoms with Gasteiger partial charge < -0.3 is 24.8 Å². The van der Waals surface area contributed by atoms with Gasteiger partial charge >= 0.3 is 58.5 Å². The Kier molecular flexibility index (Phi) is 51.3. The zero-order valence-corrected chi connectivity index (χ0v) is 10.8. The molecule has 0 amide bonds. The molecule has 0 fully saturated rings. The third-order valence-corrected chi connectivity index (χ3v) is 0. The monoisotopic (exact) mass is 310 g/mol. The fourth-order valence-electron chi connectivity index (χ4n) is 0. The smallest absolute Gasteiger partial charge is 1.00 e. The van der Waals surface area contributed by atoms with Crippen molar-refractivity contribution in [3.8, 4) is 0 Å². The Labute approximate surface area is 118 Å². The molecule has 0 aliphatic heterocycles. The van der Waals surface area contributed by atoms with Crippen molar-refractivity contribution in [2.45, 2.75) is 0 Å². The van der Waals surface area contributed by atoms with E-state index in [0.29, 0.717) is 0 Å². The predicted octanol–water partition coefficient (Wildman–Crippen LogP) is -4.76. The number of hydrogen-bond acceptors (Lipinski definition) is 4. The van der Waals surface area contributed by atoms with Crippen LogP contribution in [0.15, 0.2) is 0 Å². The van der Waals surface area contributed by atoms with Crippen molar-refractivity contribution in [3.05, 3.63) is 0 Å². The minimum atomic E-state index is -4.67. The number of hydrogen-bond donors (Lipinski definition) is 4. The Bertz CT molecular complexity index is 219. The molecule has 0 rings (SSSR count). The topological polar surface area (TPSA) is 275 Å². The van der Waals surface area contributed by atoms with E-state index in [1.54, 1.807) is 0 Å². The van der Waals surface area contributed by atoms with Crippen molar-refractivity contribution in [1.29, 1.82) is 0 Å². The molecule has 0 aromatic heterocycles. The van der Waals surface area contributed by atoms with Gasteiger partial charge in [-0.3, -0.25) is 18.2 Å². The van der Waals surface area contributed by atoms with E-state index in [0.717, 1.165) is 0 Å². The predicted molar refractivity (Wildman–Crippen MR) is 50.8 cm³/mol. The Morgan fingerprint density at radius 1 is 0.600 bits per heavy atom. The Morgan fingerprint density at radius 2 is 0.600 bits per heavy atom. The van der Waals surface area contributed by atoms with Gasteiger partial charge in [-0.1, -0.05) is 0 Å². The summed E-state index contributed by atoms with van der Waals surface area (Å²) in [6.07, 6.45) is 0. The average Bonchev–Trinajstić information content (AvgIpc) is 1.12. The molecule has 15 heteroatoms. The zero-order valence-electron chi connectivity index (χ0n) is 8.95. The van der Waals surface area contributed by atoms with Crippen molar-refractivity contribution >= 4 is 58.5 Å². The molecular formula is H14CaO12S2. The summed E-state index contributed by atoms with van der Waals surface area (Å²) in [6.45, 7) is 0. The minimum absolute atomic E-state index is 0. The van der Waals surface area contributed by atoms with E-state index in [1.165, 1.54) is 0 Å². The molecule has 0 aromatic rings. The second kappa shape index (κ2) is 17.2. The van der Waals surface area contributed by atoms with Gasteiger partial charge in [0.15, 0.2) is 0 Å². The van der Waals surface area contributed by atoms with Crippen molar-refractivity contribution in [3.63, 3.8) is 0 Å². The summed E-state index contributed by atoms with van der Waals surface area (Å²) >= 11 is 0. The van der Waals surface area contributed by atoms with Gasteiger partial charge in [0, 0.05) is 0 Å². The van der Waals surface area contributed by atoms with Crippen molar-refractivity contribution < 1.29 is 59.8 Å². The van der Waals surface area contributed by atoms with Crippen molar-refractivity contribution in [1.82, 2.24) is 0 Å². The van der Waals surface area contributed by atoms with E-state index in [4.69, 9.17) is 35.0 Å². The fraction of sp³-hybridized carbons (Fsp3) is 0. The molecule has 0 aromatic carbocycles. The first-order valence-electron chi connectivity index (χ1n) is 1.40. The maximum Gasteiger partial charge on any atom is 2.00 e. The SMILES string of the molecule is O.O.O.O.O=S(=O)(O)O.O=S(=O)(O)O.[Ca+2].[H-].[H-]. The zero-order chi connectivity index (χ0) is 9.00. The average molecular weight is 310 g/mol. The van der Waals surface area contributed by atoms with E-state index < -0.39 is 20.8 Å². The standard InChI is InChI=1S/Ca.2H2O4S.4H2O.2H/c;2*1-5(2,3)4;;;;;;/h;2*(H2,1,2,3,4);4*1H2;;/q+2;;;;;;;2*-1. The van der Waals surface area contributed by atoms with Gasteiger partial charge in [0.2, 0.25) is 0 Å². The van der Waals surface area contributed by atoms with Crippen molar-refractivity contribution in [2.75, 3.05) is 0 Å². The third kappa shape index (κ3) is 3470. The molecular weight excluding hydrogens is 296 g/mol. The first-order valence-corrected chi connectivity index (χ1v) is 4.19. The maximum atomic E-state index is 8.74. The molecule has 0 heterocycles. The summed E-state index contributed by atoms with van der Waals surface area (Å²) in [5.74, 6) is 0. The Balaban J connectivity index is -0.00000000762. The first kappa shape index (κ1) is 44.6. The fourth-order valence-corrected chi connectivity index (χ4v) is 0. The van der Waals surface area contributed by atoms with Crippen LogP contribution in [0.4, 0.5) is 0 Å². The molecule has 0 bridgehead atoms. The molecule has 0 unspecified atom stereocenters. The van der Waals surface area contributed by atoms with Crippen LogP contribution in [0.1, 0.15) is 2.85 Å². The van der Waals surface area contributed by atoms with Crippen LogP contribution in [0.25, 0.3) is 0 Å². The van der Waals surface area contributed by atoms with Gasteiger partial charge in [0.05, 0.1) is 0 Å². The molecule has 12 N–H and O–H groups in total. The van der Waals surface area contributed by atoms with Crippen LogP contribution in [-0.2, 0) is 20.8 Å². The molecule has 0 saturated heterocycles. The van der Waals surface area contributed by atoms with Gasteiger partial charge in [-0.25, -0.2) is 0 Å². The summed E-state index contributed by atoms with van der Waals surface area (Å²) < 4.78 is 63.2. The van der Waals surface area contributed by atoms with Crippen LogP contribution < -0.4 is 0 Å². The third-order valence-electron chi connectivity index (χ3n) is 0. The first-order chi connectivity index (χ1) is 4.00. The van der Waals surface area contributed by atoms with E-state index in [1.807, 2.05) is 0 Å². The van der Waals surface area contributed by atoms with Crippen LogP contribution >= 0.6 is 0 Å².